The summed E-state index contributed by atoms with van der Waals surface area (Å²) in [6.07, 6.45) is 14.1. The van der Waals surface area contributed by atoms with Crippen molar-refractivity contribution in [3.05, 3.63) is 24.3 Å². The van der Waals surface area contributed by atoms with Crippen LogP contribution in [0.2, 0.25) is 0 Å². The van der Waals surface area contributed by atoms with E-state index in [0.717, 1.165) is 26.2 Å². The molecule has 0 saturated carbocycles. The molecular formula is C16H28N4. The van der Waals surface area contributed by atoms with E-state index >= 15 is 0 Å². The van der Waals surface area contributed by atoms with Crippen LogP contribution in [-0.4, -0.2) is 50.3 Å². The molecule has 0 aliphatic carbocycles. The molecule has 4 N–H and O–H groups in total. The van der Waals surface area contributed by atoms with Gasteiger partial charge in [0.1, 0.15) is 0 Å². The fraction of sp³-hybridized carbons (Fsp3) is 0.750. The first-order valence-corrected chi connectivity index (χ1v) is 8.20. The number of nitrogens with one attached hydrogen (secondary N) is 4. The van der Waals surface area contributed by atoms with Crippen LogP contribution in [0.5, 0.6) is 0 Å². The van der Waals surface area contributed by atoms with Gasteiger partial charge in [0, 0.05) is 24.2 Å². The summed E-state index contributed by atoms with van der Waals surface area (Å²) in [6.45, 7) is 4.42. The number of rotatable bonds is 0. The monoisotopic (exact) mass is 276 g/mol. The predicted molar refractivity (Wildman–Crippen MR) is 83.9 cm³/mol. The van der Waals surface area contributed by atoms with Gasteiger partial charge in [0.05, 0.1) is 0 Å². The number of fused-ring (bicyclic) bond motifs is 4. The standard InChI is InChI=1S/C16H28N4/c1-2-14-6-10-18-12-8-16-4-3-15(20-16)7-11-17-9-5-13(1)19-14/h1-4,13-20H,5-12H2. The van der Waals surface area contributed by atoms with E-state index in [1.807, 2.05) is 0 Å². The van der Waals surface area contributed by atoms with Crippen LogP contribution in [0.3, 0.4) is 0 Å². The Morgan fingerprint density at radius 1 is 0.500 bits per heavy atom. The molecule has 3 heterocycles. The van der Waals surface area contributed by atoms with Crippen LogP contribution in [0, 0.1) is 0 Å². The van der Waals surface area contributed by atoms with Gasteiger partial charge < -0.3 is 21.3 Å². The van der Waals surface area contributed by atoms with Gasteiger partial charge in [-0.3, -0.25) is 0 Å². The summed E-state index contributed by atoms with van der Waals surface area (Å²) >= 11 is 0. The normalized spacial score (nSPS) is 39.2. The second kappa shape index (κ2) is 7.36. The summed E-state index contributed by atoms with van der Waals surface area (Å²) in [6, 6.07) is 2.26. The maximum absolute atomic E-state index is 3.69. The Balaban J connectivity index is 1.47. The average Bonchev–Trinajstić information content (AvgIpc) is 3.07. The Labute approximate surface area is 122 Å². The molecule has 3 aliphatic rings. The third-order valence-corrected chi connectivity index (χ3v) is 4.54. The molecule has 4 atom stereocenters. The van der Waals surface area contributed by atoms with E-state index in [4.69, 9.17) is 0 Å². The fourth-order valence-electron chi connectivity index (χ4n) is 3.31. The van der Waals surface area contributed by atoms with E-state index < -0.39 is 0 Å². The van der Waals surface area contributed by atoms with Gasteiger partial charge >= 0.3 is 0 Å². The van der Waals surface area contributed by atoms with Gasteiger partial charge in [0.15, 0.2) is 0 Å². The van der Waals surface area contributed by atoms with Crippen molar-refractivity contribution in [2.24, 2.45) is 0 Å². The van der Waals surface area contributed by atoms with E-state index in [-0.39, 0.29) is 0 Å². The van der Waals surface area contributed by atoms with Crippen LogP contribution in [0.25, 0.3) is 0 Å². The lowest BCUT2D eigenvalue weighted by Gasteiger charge is -2.18. The molecule has 0 aromatic carbocycles. The molecule has 4 unspecified atom stereocenters. The summed E-state index contributed by atoms with van der Waals surface area (Å²) in [5, 5.41) is 14.5. The van der Waals surface area contributed by atoms with Gasteiger partial charge in [-0.1, -0.05) is 24.3 Å². The lowest BCUT2D eigenvalue weighted by Crippen LogP contribution is -2.38. The van der Waals surface area contributed by atoms with Crippen LogP contribution in [-0.2, 0) is 0 Å². The van der Waals surface area contributed by atoms with Crippen LogP contribution >= 0.6 is 0 Å². The van der Waals surface area contributed by atoms with Gasteiger partial charge in [0.25, 0.3) is 0 Å². The Morgan fingerprint density at radius 2 is 0.800 bits per heavy atom. The molecule has 3 rings (SSSR count). The van der Waals surface area contributed by atoms with E-state index in [0.29, 0.717) is 24.2 Å². The second-order valence-electron chi connectivity index (χ2n) is 6.18. The van der Waals surface area contributed by atoms with Gasteiger partial charge in [0.2, 0.25) is 0 Å². The topological polar surface area (TPSA) is 48.1 Å². The maximum atomic E-state index is 3.69. The molecule has 20 heavy (non-hydrogen) atoms. The van der Waals surface area contributed by atoms with E-state index in [1.54, 1.807) is 0 Å². The molecule has 0 aromatic rings. The number of hydrogen-bond donors (Lipinski definition) is 4. The van der Waals surface area contributed by atoms with Crippen molar-refractivity contribution in [3.63, 3.8) is 0 Å². The molecule has 0 radical (unpaired) electrons. The van der Waals surface area contributed by atoms with Crippen molar-refractivity contribution >= 4 is 0 Å². The van der Waals surface area contributed by atoms with E-state index in [2.05, 4.69) is 45.6 Å². The molecule has 3 aliphatic heterocycles. The minimum Gasteiger partial charge on any atom is -0.317 e. The molecule has 4 bridgehead atoms. The minimum absolute atomic E-state index is 0.564. The summed E-state index contributed by atoms with van der Waals surface area (Å²) < 4.78 is 0. The quantitative estimate of drug-likeness (QED) is 0.488. The third-order valence-electron chi connectivity index (χ3n) is 4.54. The SMILES string of the molecule is C1=CC2CCNCCC3C=CC(CCNCCC1N2)N3. The summed E-state index contributed by atoms with van der Waals surface area (Å²) in [5.41, 5.74) is 0. The highest BCUT2D eigenvalue weighted by atomic mass is 15.0. The Kier molecular flexibility index (Phi) is 5.25. The van der Waals surface area contributed by atoms with Crippen LogP contribution in [0.1, 0.15) is 25.7 Å². The van der Waals surface area contributed by atoms with Crippen molar-refractivity contribution < 1.29 is 0 Å². The Bertz CT molecular complexity index is 290. The maximum Gasteiger partial charge on any atom is 0.0268 e. The summed E-state index contributed by atoms with van der Waals surface area (Å²) in [4.78, 5) is 0. The first-order chi connectivity index (χ1) is 9.90. The zero-order valence-corrected chi connectivity index (χ0v) is 12.3. The lowest BCUT2D eigenvalue weighted by atomic mass is 10.2. The van der Waals surface area contributed by atoms with Crippen molar-refractivity contribution in [2.75, 3.05) is 26.2 Å². The Hall–Kier alpha value is -0.680. The van der Waals surface area contributed by atoms with Gasteiger partial charge in [-0.2, -0.15) is 0 Å². The molecule has 0 spiro atoms. The third kappa shape index (κ3) is 4.16. The zero-order chi connectivity index (χ0) is 13.6. The van der Waals surface area contributed by atoms with Gasteiger partial charge in [-0.15, -0.1) is 0 Å². The van der Waals surface area contributed by atoms with Crippen molar-refractivity contribution in [3.8, 4) is 0 Å². The first kappa shape index (κ1) is 14.3. The highest BCUT2D eigenvalue weighted by molar-refractivity contribution is 5.10. The molecule has 1 fully saturated rings. The molecule has 112 valence electrons. The highest BCUT2D eigenvalue weighted by Gasteiger charge is 2.19. The smallest absolute Gasteiger partial charge is 0.0268 e. The lowest BCUT2D eigenvalue weighted by molar-refractivity contribution is 0.453. The minimum atomic E-state index is 0.564. The summed E-state index contributed by atoms with van der Waals surface area (Å²) in [5.74, 6) is 0. The predicted octanol–water partition coefficient (Wildman–Crippen LogP) is 0.533. The van der Waals surface area contributed by atoms with Gasteiger partial charge in [-0.05, 0) is 51.9 Å². The first-order valence-electron chi connectivity index (χ1n) is 8.20. The highest BCUT2D eigenvalue weighted by Crippen LogP contribution is 2.10. The average molecular weight is 276 g/mol. The largest absolute Gasteiger partial charge is 0.317 e. The van der Waals surface area contributed by atoms with Crippen LogP contribution < -0.4 is 21.3 Å². The molecule has 1 saturated heterocycles. The summed E-state index contributed by atoms with van der Waals surface area (Å²) in [7, 11) is 0. The van der Waals surface area contributed by atoms with Crippen LogP contribution in [0.15, 0.2) is 24.3 Å². The van der Waals surface area contributed by atoms with Crippen molar-refractivity contribution in [1.29, 1.82) is 0 Å². The molecular weight excluding hydrogens is 248 g/mol. The van der Waals surface area contributed by atoms with Crippen molar-refractivity contribution in [2.45, 2.75) is 49.9 Å². The molecule has 0 amide bonds. The second-order valence-corrected chi connectivity index (χ2v) is 6.18. The number of hydrogen-bond acceptors (Lipinski definition) is 4. The Morgan fingerprint density at radius 3 is 1.10 bits per heavy atom. The van der Waals surface area contributed by atoms with E-state index in [1.165, 1.54) is 25.7 Å². The zero-order valence-electron chi connectivity index (χ0n) is 12.3. The van der Waals surface area contributed by atoms with Gasteiger partial charge in [-0.25, -0.2) is 0 Å². The van der Waals surface area contributed by atoms with Crippen molar-refractivity contribution in [1.82, 2.24) is 21.3 Å². The molecule has 0 aromatic heterocycles. The van der Waals surface area contributed by atoms with Crippen LogP contribution in [0.4, 0.5) is 0 Å². The molecule has 4 heteroatoms. The molecule has 4 nitrogen and oxygen atoms in total. The fourth-order valence-corrected chi connectivity index (χ4v) is 3.31. The van der Waals surface area contributed by atoms with E-state index in [9.17, 15) is 0 Å².